The highest BCUT2D eigenvalue weighted by molar-refractivity contribution is 5.98. The van der Waals surface area contributed by atoms with Crippen molar-refractivity contribution in [2.45, 2.75) is 13.5 Å². The molecule has 0 spiro atoms. The summed E-state index contributed by atoms with van der Waals surface area (Å²) < 4.78 is 12.6. The Bertz CT molecular complexity index is 927. The normalized spacial score (nSPS) is 15.1. The number of hydrogen-bond acceptors (Lipinski definition) is 5. The van der Waals surface area contributed by atoms with Crippen molar-refractivity contribution in [2.24, 2.45) is 0 Å². The molecule has 3 aromatic rings. The maximum Gasteiger partial charge on any atom is 0.340 e. The predicted molar refractivity (Wildman–Crippen MR) is 103 cm³/mol. The van der Waals surface area contributed by atoms with Gasteiger partial charge in [0, 0.05) is 37.5 Å². The highest BCUT2D eigenvalue weighted by Crippen LogP contribution is 2.27. The van der Waals surface area contributed by atoms with Gasteiger partial charge in [0.05, 0.1) is 36.8 Å². The Balaban J connectivity index is 1.66. The monoisotopic (exact) mass is 365 g/mol. The van der Waals surface area contributed by atoms with E-state index >= 15 is 0 Å². The fraction of sp³-hybridized carbons (Fsp3) is 0.333. The number of rotatable bonds is 5. The number of morpholine rings is 1. The lowest BCUT2D eigenvalue weighted by molar-refractivity contribution is 0.0341. The molecule has 0 atom stereocenters. The van der Waals surface area contributed by atoms with Crippen LogP contribution in [0.25, 0.3) is 16.9 Å². The van der Waals surface area contributed by atoms with Crippen molar-refractivity contribution in [3.8, 4) is 11.4 Å². The summed E-state index contributed by atoms with van der Waals surface area (Å²) in [5.41, 5.74) is 4.15. The van der Waals surface area contributed by atoms with Gasteiger partial charge in [-0.3, -0.25) is 9.88 Å². The van der Waals surface area contributed by atoms with Gasteiger partial charge in [-0.2, -0.15) is 0 Å². The maximum atomic E-state index is 12.5. The maximum absolute atomic E-state index is 12.5. The molecule has 0 N–H and O–H groups in total. The van der Waals surface area contributed by atoms with E-state index in [9.17, 15) is 4.79 Å². The quantitative estimate of drug-likeness (QED) is 0.651. The zero-order chi connectivity index (χ0) is 18.6. The second-order valence-corrected chi connectivity index (χ2v) is 6.56. The number of aromatic nitrogens is 2. The highest BCUT2D eigenvalue weighted by Gasteiger charge is 2.20. The summed E-state index contributed by atoms with van der Waals surface area (Å²) in [5.74, 6) is -0.324. The highest BCUT2D eigenvalue weighted by atomic mass is 16.5. The third kappa shape index (κ3) is 3.72. The van der Waals surface area contributed by atoms with Gasteiger partial charge in [0.1, 0.15) is 0 Å². The van der Waals surface area contributed by atoms with E-state index < -0.39 is 0 Å². The molecule has 1 saturated heterocycles. The Hall–Kier alpha value is -2.70. The molecule has 27 heavy (non-hydrogen) atoms. The van der Waals surface area contributed by atoms with E-state index in [1.807, 2.05) is 54.0 Å². The minimum atomic E-state index is -0.324. The summed E-state index contributed by atoms with van der Waals surface area (Å²) in [5, 5.41) is 0. The minimum absolute atomic E-state index is 0.324. The van der Waals surface area contributed by atoms with E-state index in [-0.39, 0.29) is 5.97 Å². The number of fused-ring (bicyclic) bond motifs is 1. The van der Waals surface area contributed by atoms with Gasteiger partial charge in [-0.1, -0.05) is 12.1 Å². The van der Waals surface area contributed by atoms with E-state index in [0.717, 1.165) is 55.3 Å². The second-order valence-electron chi connectivity index (χ2n) is 6.56. The van der Waals surface area contributed by atoms with Gasteiger partial charge in [-0.15, -0.1) is 0 Å². The first kappa shape index (κ1) is 17.7. The van der Waals surface area contributed by atoms with Crippen LogP contribution in [0.4, 0.5) is 0 Å². The third-order valence-corrected chi connectivity index (χ3v) is 4.75. The molecule has 0 saturated carbocycles. The molecule has 6 nitrogen and oxygen atoms in total. The molecule has 1 aliphatic heterocycles. The van der Waals surface area contributed by atoms with Crippen LogP contribution >= 0.6 is 0 Å². The van der Waals surface area contributed by atoms with Gasteiger partial charge < -0.3 is 13.9 Å². The molecule has 4 heterocycles. The summed E-state index contributed by atoms with van der Waals surface area (Å²) in [6.45, 7) is 6.46. The first-order chi connectivity index (χ1) is 13.3. The van der Waals surface area contributed by atoms with E-state index in [1.165, 1.54) is 0 Å². The number of carbonyl (C=O) groups is 1. The summed E-state index contributed by atoms with van der Waals surface area (Å²) in [6, 6.07) is 11.8. The molecule has 0 radical (unpaired) electrons. The van der Waals surface area contributed by atoms with Crippen molar-refractivity contribution in [3.63, 3.8) is 0 Å². The molecular formula is C21H23N3O3. The third-order valence-electron chi connectivity index (χ3n) is 4.75. The minimum Gasteiger partial charge on any atom is -0.462 e. The van der Waals surface area contributed by atoms with E-state index in [4.69, 9.17) is 9.47 Å². The van der Waals surface area contributed by atoms with Crippen molar-refractivity contribution >= 4 is 11.5 Å². The van der Waals surface area contributed by atoms with E-state index in [1.54, 1.807) is 0 Å². The average molecular weight is 365 g/mol. The largest absolute Gasteiger partial charge is 0.462 e. The molecule has 1 fully saturated rings. The lowest BCUT2D eigenvalue weighted by atomic mass is 10.1. The molecule has 0 bridgehead atoms. The zero-order valence-corrected chi connectivity index (χ0v) is 15.4. The number of esters is 1. The first-order valence-corrected chi connectivity index (χ1v) is 9.29. The number of pyridine rings is 2. The number of carbonyl (C=O) groups excluding carboxylic acids is 1. The molecule has 3 aromatic heterocycles. The molecule has 1 aliphatic rings. The van der Waals surface area contributed by atoms with Crippen LogP contribution < -0.4 is 0 Å². The van der Waals surface area contributed by atoms with E-state index in [0.29, 0.717) is 12.2 Å². The second kappa shape index (κ2) is 7.90. The Kier molecular flexibility index (Phi) is 5.18. The predicted octanol–water partition coefficient (Wildman–Crippen LogP) is 3.01. The first-order valence-electron chi connectivity index (χ1n) is 9.29. The topological polar surface area (TPSA) is 56.1 Å². The molecule has 6 heteroatoms. The molecule has 0 aromatic carbocycles. The van der Waals surface area contributed by atoms with Crippen molar-refractivity contribution in [2.75, 3.05) is 32.9 Å². The van der Waals surface area contributed by atoms with E-state index in [2.05, 4.69) is 16.0 Å². The van der Waals surface area contributed by atoms with Crippen molar-refractivity contribution in [3.05, 3.63) is 59.9 Å². The molecular weight excluding hydrogens is 342 g/mol. The van der Waals surface area contributed by atoms with Gasteiger partial charge in [0.15, 0.2) is 0 Å². The van der Waals surface area contributed by atoms with Gasteiger partial charge in [-0.25, -0.2) is 4.79 Å². The Labute approximate surface area is 158 Å². The van der Waals surface area contributed by atoms with Crippen molar-refractivity contribution in [1.29, 1.82) is 0 Å². The fourth-order valence-corrected chi connectivity index (χ4v) is 3.42. The summed E-state index contributed by atoms with van der Waals surface area (Å²) >= 11 is 0. The molecule has 4 rings (SSSR count). The van der Waals surface area contributed by atoms with Crippen LogP contribution in [0, 0.1) is 0 Å². The molecule has 0 unspecified atom stereocenters. The lowest BCUT2D eigenvalue weighted by Crippen LogP contribution is -2.35. The van der Waals surface area contributed by atoms with Crippen LogP contribution in [-0.4, -0.2) is 53.2 Å². The van der Waals surface area contributed by atoms with Gasteiger partial charge in [0.2, 0.25) is 0 Å². The summed E-state index contributed by atoms with van der Waals surface area (Å²) in [7, 11) is 0. The van der Waals surface area contributed by atoms with Gasteiger partial charge in [0.25, 0.3) is 0 Å². The average Bonchev–Trinajstić information content (AvgIpc) is 3.09. The number of ether oxygens (including phenoxy) is 2. The summed E-state index contributed by atoms with van der Waals surface area (Å²) in [6.07, 6.45) is 3.83. The number of nitrogens with zero attached hydrogens (tertiary/aromatic N) is 3. The standard InChI is InChI=1S/C21H23N3O3/c1-2-27-21(25)18-13-17-5-3-4-8-24(17)20(18)19-7-6-16(14-22-19)15-23-9-11-26-12-10-23/h3-8,13-14H,2,9-12,15H2,1H3. The van der Waals surface area contributed by atoms with Crippen molar-refractivity contribution in [1.82, 2.24) is 14.3 Å². The summed E-state index contributed by atoms with van der Waals surface area (Å²) in [4.78, 5) is 19.5. The van der Waals surface area contributed by atoms with Crippen LogP contribution in [0.2, 0.25) is 0 Å². The smallest absolute Gasteiger partial charge is 0.340 e. The Morgan fingerprint density at radius 3 is 2.81 bits per heavy atom. The van der Waals surface area contributed by atoms with Crippen LogP contribution in [-0.2, 0) is 16.0 Å². The fourth-order valence-electron chi connectivity index (χ4n) is 3.42. The molecule has 0 aliphatic carbocycles. The van der Waals surface area contributed by atoms with Crippen LogP contribution in [0.3, 0.4) is 0 Å². The van der Waals surface area contributed by atoms with Crippen LogP contribution in [0.1, 0.15) is 22.8 Å². The zero-order valence-electron chi connectivity index (χ0n) is 15.4. The van der Waals surface area contributed by atoms with Crippen LogP contribution in [0.5, 0.6) is 0 Å². The van der Waals surface area contributed by atoms with Crippen molar-refractivity contribution < 1.29 is 14.3 Å². The SMILES string of the molecule is CCOC(=O)c1cc2ccccn2c1-c1ccc(CN2CCOCC2)cn1. The molecule has 0 amide bonds. The van der Waals surface area contributed by atoms with Gasteiger partial charge in [-0.05, 0) is 36.8 Å². The lowest BCUT2D eigenvalue weighted by Gasteiger charge is -2.26. The number of hydrogen-bond donors (Lipinski definition) is 0. The Morgan fingerprint density at radius 1 is 1.22 bits per heavy atom. The molecule has 140 valence electrons. The Morgan fingerprint density at radius 2 is 2.07 bits per heavy atom. The van der Waals surface area contributed by atoms with Crippen LogP contribution in [0.15, 0.2) is 48.8 Å². The van der Waals surface area contributed by atoms with Gasteiger partial charge >= 0.3 is 5.97 Å².